The maximum atomic E-state index is 12.9. The minimum Gasteiger partial charge on any atom is -0.493 e. The van der Waals surface area contributed by atoms with Crippen molar-refractivity contribution in [1.82, 2.24) is 0 Å². The summed E-state index contributed by atoms with van der Waals surface area (Å²) in [6.07, 6.45) is -0.365. The molecule has 1 atom stereocenters. The number of anilines is 1. The highest BCUT2D eigenvalue weighted by Gasteiger charge is 2.35. The molecule has 142 valence electrons. The van der Waals surface area contributed by atoms with E-state index in [0.717, 1.165) is 5.69 Å². The molecule has 0 bridgehead atoms. The number of fused-ring (bicyclic) bond motifs is 1. The Labute approximate surface area is 158 Å². The summed E-state index contributed by atoms with van der Waals surface area (Å²) in [5.41, 5.74) is 1.39. The van der Waals surface area contributed by atoms with E-state index >= 15 is 0 Å². The summed E-state index contributed by atoms with van der Waals surface area (Å²) in [7, 11) is 0. The third-order valence-corrected chi connectivity index (χ3v) is 4.38. The molecule has 0 aliphatic carbocycles. The van der Waals surface area contributed by atoms with Crippen molar-refractivity contribution >= 4 is 17.6 Å². The van der Waals surface area contributed by atoms with Gasteiger partial charge in [-0.15, -0.1) is 0 Å². The zero-order chi connectivity index (χ0) is 19.4. The highest BCUT2D eigenvalue weighted by atomic mass is 16.5. The molecule has 27 heavy (non-hydrogen) atoms. The number of rotatable bonds is 7. The number of para-hydroxylation sites is 3. The quantitative estimate of drug-likeness (QED) is 0.810. The Bertz CT molecular complexity index is 833. The lowest BCUT2D eigenvalue weighted by Crippen LogP contribution is -2.49. The second-order valence-corrected chi connectivity index (χ2v) is 6.69. The van der Waals surface area contributed by atoms with Gasteiger partial charge in [0.2, 0.25) is 0 Å². The average molecular weight is 369 g/mol. The van der Waals surface area contributed by atoms with Crippen LogP contribution in [0.2, 0.25) is 0 Å². The van der Waals surface area contributed by atoms with E-state index in [1.165, 1.54) is 0 Å². The van der Waals surface area contributed by atoms with Crippen LogP contribution in [-0.4, -0.2) is 35.7 Å². The highest BCUT2D eigenvalue weighted by molar-refractivity contribution is 6.00. The van der Waals surface area contributed by atoms with E-state index in [1.54, 1.807) is 29.2 Å². The monoisotopic (exact) mass is 369 g/mol. The first-order valence-electron chi connectivity index (χ1n) is 8.98. The lowest BCUT2D eigenvalue weighted by molar-refractivity contribution is -0.136. The van der Waals surface area contributed by atoms with Crippen LogP contribution in [-0.2, 0) is 16.0 Å². The summed E-state index contributed by atoms with van der Waals surface area (Å²) in [6.45, 7) is 4.19. The molecule has 0 aromatic heterocycles. The number of benzene rings is 2. The van der Waals surface area contributed by atoms with Crippen molar-refractivity contribution in [2.75, 3.05) is 11.5 Å². The number of carboxylic acids is 1. The van der Waals surface area contributed by atoms with Crippen LogP contribution in [0.4, 0.5) is 5.69 Å². The molecule has 0 spiro atoms. The summed E-state index contributed by atoms with van der Waals surface area (Å²) < 4.78 is 11.7. The first-order valence-corrected chi connectivity index (χ1v) is 8.98. The van der Waals surface area contributed by atoms with E-state index in [0.29, 0.717) is 23.5 Å². The SMILES string of the molecule is CC(C)N1C(=O)C(CCOc2ccccc2CC(=O)O)Oc2ccccc21. The molecule has 6 nitrogen and oxygen atoms in total. The first-order chi connectivity index (χ1) is 13.0. The number of hydrogen-bond acceptors (Lipinski definition) is 4. The van der Waals surface area contributed by atoms with Crippen molar-refractivity contribution in [3.05, 3.63) is 54.1 Å². The maximum Gasteiger partial charge on any atom is 0.307 e. The Morgan fingerprint density at radius 3 is 2.63 bits per heavy atom. The molecule has 1 heterocycles. The molecule has 2 aromatic rings. The van der Waals surface area contributed by atoms with Crippen LogP contribution in [0.3, 0.4) is 0 Å². The zero-order valence-electron chi connectivity index (χ0n) is 15.4. The van der Waals surface area contributed by atoms with Gasteiger partial charge in [0.15, 0.2) is 6.10 Å². The molecular formula is C21H23NO5. The van der Waals surface area contributed by atoms with E-state index in [-0.39, 0.29) is 25.0 Å². The summed E-state index contributed by atoms with van der Waals surface area (Å²) in [6, 6.07) is 14.5. The summed E-state index contributed by atoms with van der Waals surface area (Å²) in [4.78, 5) is 25.6. The summed E-state index contributed by atoms with van der Waals surface area (Å²) in [5.74, 6) is 0.193. The van der Waals surface area contributed by atoms with Gasteiger partial charge >= 0.3 is 5.97 Å². The molecule has 0 radical (unpaired) electrons. The minimum atomic E-state index is -0.916. The number of hydrogen-bond donors (Lipinski definition) is 1. The van der Waals surface area contributed by atoms with Crippen molar-refractivity contribution in [2.24, 2.45) is 0 Å². The van der Waals surface area contributed by atoms with E-state index in [2.05, 4.69) is 0 Å². The van der Waals surface area contributed by atoms with E-state index in [9.17, 15) is 9.59 Å². The van der Waals surface area contributed by atoms with Crippen LogP contribution in [0, 0.1) is 0 Å². The Morgan fingerprint density at radius 2 is 1.89 bits per heavy atom. The Balaban J connectivity index is 1.69. The van der Waals surface area contributed by atoms with Crippen molar-refractivity contribution < 1.29 is 24.2 Å². The maximum absolute atomic E-state index is 12.9. The number of carboxylic acid groups (broad SMARTS) is 1. The topological polar surface area (TPSA) is 76.1 Å². The van der Waals surface area contributed by atoms with Crippen LogP contribution < -0.4 is 14.4 Å². The fourth-order valence-electron chi connectivity index (χ4n) is 3.18. The fourth-order valence-corrected chi connectivity index (χ4v) is 3.18. The third-order valence-electron chi connectivity index (χ3n) is 4.38. The fraction of sp³-hybridized carbons (Fsp3) is 0.333. The van der Waals surface area contributed by atoms with Gasteiger partial charge in [-0.1, -0.05) is 30.3 Å². The molecule has 0 saturated heterocycles. The second kappa shape index (κ2) is 8.12. The largest absolute Gasteiger partial charge is 0.493 e. The Morgan fingerprint density at radius 1 is 1.19 bits per heavy atom. The first kappa shape index (κ1) is 18.8. The number of ether oxygens (including phenoxy) is 2. The van der Waals surface area contributed by atoms with Gasteiger partial charge in [0.25, 0.3) is 5.91 Å². The molecule has 1 amide bonds. The van der Waals surface area contributed by atoms with Gasteiger partial charge in [0.1, 0.15) is 11.5 Å². The number of carbonyl (C=O) groups is 2. The van der Waals surface area contributed by atoms with Gasteiger partial charge in [0.05, 0.1) is 18.7 Å². The average Bonchev–Trinajstić information content (AvgIpc) is 2.62. The molecule has 1 aliphatic rings. The summed E-state index contributed by atoms with van der Waals surface area (Å²) in [5, 5.41) is 9.00. The number of amides is 1. The molecule has 1 aliphatic heterocycles. The van der Waals surface area contributed by atoms with Gasteiger partial charge < -0.3 is 19.5 Å². The molecule has 1 unspecified atom stereocenters. The smallest absolute Gasteiger partial charge is 0.307 e. The van der Waals surface area contributed by atoms with Crippen molar-refractivity contribution in [2.45, 2.75) is 38.8 Å². The number of carbonyl (C=O) groups excluding carboxylic acids is 1. The van der Waals surface area contributed by atoms with Gasteiger partial charge in [-0.05, 0) is 32.0 Å². The van der Waals surface area contributed by atoms with Crippen molar-refractivity contribution in [3.63, 3.8) is 0 Å². The third kappa shape index (κ3) is 4.22. The van der Waals surface area contributed by atoms with Crippen molar-refractivity contribution in [3.8, 4) is 11.5 Å². The van der Waals surface area contributed by atoms with E-state index in [1.807, 2.05) is 38.1 Å². The predicted molar refractivity (Wildman–Crippen MR) is 101 cm³/mol. The Kier molecular flexibility index (Phi) is 5.64. The Hall–Kier alpha value is -3.02. The number of aliphatic carboxylic acids is 1. The molecule has 3 rings (SSSR count). The highest BCUT2D eigenvalue weighted by Crippen LogP contribution is 2.35. The van der Waals surface area contributed by atoms with Gasteiger partial charge in [-0.2, -0.15) is 0 Å². The van der Waals surface area contributed by atoms with E-state index in [4.69, 9.17) is 14.6 Å². The molecule has 1 N–H and O–H groups in total. The normalized spacial score (nSPS) is 16.0. The van der Waals surface area contributed by atoms with Crippen LogP contribution in [0.25, 0.3) is 0 Å². The lowest BCUT2D eigenvalue weighted by Gasteiger charge is -2.36. The predicted octanol–water partition coefficient (Wildman–Crippen LogP) is 3.29. The zero-order valence-corrected chi connectivity index (χ0v) is 15.4. The molecule has 2 aromatic carbocycles. The standard InChI is InChI=1S/C21H23NO5/c1-14(2)22-16-8-4-6-10-18(16)27-19(21(22)25)11-12-26-17-9-5-3-7-15(17)13-20(23)24/h3-10,14,19H,11-13H2,1-2H3,(H,23,24). The van der Waals surface area contributed by atoms with Crippen LogP contribution in [0.1, 0.15) is 25.8 Å². The second-order valence-electron chi connectivity index (χ2n) is 6.69. The molecule has 6 heteroatoms. The van der Waals surface area contributed by atoms with Gasteiger partial charge in [-0.25, -0.2) is 0 Å². The summed E-state index contributed by atoms with van der Waals surface area (Å²) >= 11 is 0. The molecular weight excluding hydrogens is 346 g/mol. The lowest BCUT2D eigenvalue weighted by atomic mass is 10.1. The van der Waals surface area contributed by atoms with Crippen molar-refractivity contribution in [1.29, 1.82) is 0 Å². The van der Waals surface area contributed by atoms with Crippen LogP contribution >= 0.6 is 0 Å². The van der Waals surface area contributed by atoms with E-state index < -0.39 is 12.1 Å². The minimum absolute atomic E-state index is 0.0160. The molecule has 0 fully saturated rings. The van der Waals surface area contributed by atoms with Gasteiger partial charge in [0, 0.05) is 18.0 Å². The van der Waals surface area contributed by atoms with Crippen LogP contribution in [0.5, 0.6) is 11.5 Å². The van der Waals surface area contributed by atoms with Gasteiger partial charge in [-0.3, -0.25) is 9.59 Å². The molecule has 0 saturated carbocycles. The van der Waals surface area contributed by atoms with Crippen LogP contribution in [0.15, 0.2) is 48.5 Å². The number of nitrogens with zero attached hydrogens (tertiary/aromatic N) is 1.